The number of unbranched alkanes of at least 4 members (excludes halogenated alkanes) is 4. The van der Waals surface area contributed by atoms with Crippen LogP contribution in [0.15, 0.2) is 0 Å². The van der Waals surface area contributed by atoms with E-state index in [1.165, 1.54) is 38.5 Å². The van der Waals surface area contributed by atoms with Gasteiger partial charge >= 0.3 is 0 Å². The highest BCUT2D eigenvalue weighted by atomic mass is 16.3. The summed E-state index contributed by atoms with van der Waals surface area (Å²) in [6, 6.07) is 0.500. The molecule has 0 radical (unpaired) electrons. The van der Waals surface area contributed by atoms with Crippen molar-refractivity contribution in [3.63, 3.8) is 0 Å². The molecule has 0 aliphatic carbocycles. The molecule has 2 unspecified atom stereocenters. The molecule has 3 heteroatoms. The minimum atomic E-state index is -0.639. The van der Waals surface area contributed by atoms with Crippen molar-refractivity contribution in [1.29, 1.82) is 0 Å². The Labute approximate surface area is 114 Å². The number of hydrogen-bond acceptors (Lipinski definition) is 3. The van der Waals surface area contributed by atoms with E-state index >= 15 is 0 Å². The molecular formula is C15H34N2O. The molecule has 110 valence electrons. The van der Waals surface area contributed by atoms with Crippen LogP contribution in [0.5, 0.6) is 0 Å². The van der Waals surface area contributed by atoms with Gasteiger partial charge < -0.3 is 15.3 Å². The molecule has 2 N–H and O–H groups in total. The van der Waals surface area contributed by atoms with Gasteiger partial charge in [0.05, 0.1) is 5.60 Å². The molecule has 0 fully saturated rings. The van der Waals surface area contributed by atoms with Crippen molar-refractivity contribution in [3.05, 3.63) is 0 Å². The Hall–Kier alpha value is -0.120. The van der Waals surface area contributed by atoms with Gasteiger partial charge in [-0.3, -0.25) is 0 Å². The number of nitrogens with one attached hydrogen (secondary N) is 1. The molecule has 0 aliphatic heterocycles. The number of rotatable bonds is 11. The van der Waals surface area contributed by atoms with Crippen LogP contribution in [-0.4, -0.2) is 48.8 Å². The molecule has 0 aromatic rings. The minimum Gasteiger partial charge on any atom is -0.388 e. The van der Waals surface area contributed by atoms with E-state index in [1.54, 1.807) is 0 Å². The Balaban J connectivity index is 3.59. The predicted molar refractivity (Wildman–Crippen MR) is 80.0 cm³/mol. The van der Waals surface area contributed by atoms with Crippen molar-refractivity contribution < 1.29 is 5.11 Å². The van der Waals surface area contributed by atoms with Gasteiger partial charge in [-0.25, -0.2) is 0 Å². The quantitative estimate of drug-likeness (QED) is 0.559. The second-order valence-electron chi connectivity index (χ2n) is 6.22. The molecule has 0 aliphatic rings. The van der Waals surface area contributed by atoms with Crippen LogP contribution in [0.25, 0.3) is 0 Å². The molecule has 0 heterocycles. The average molecular weight is 258 g/mol. The van der Waals surface area contributed by atoms with E-state index in [0.717, 1.165) is 0 Å². The highest BCUT2D eigenvalue weighted by Gasteiger charge is 2.21. The van der Waals surface area contributed by atoms with Crippen LogP contribution in [0.4, 0.5) is 0 Å². The van der Waals surface area contributed by atoms with Crippen molar-refractivity contribution in [2.45, 2.75) is 70.9 Å². The van der Waals surface area contributed by atoms with E-state index in [4.69, 9.17) is 0 Å². The molecule has 0 amide bonds. The van der Waals surface area contributed by atoms with Crippen molar-refractivity contribution in [1.82, 2.24) is 10.2 Å². The van der Waals surface area contributed by atoms with Gasteiger partial charge in [0.15, 0.2) is 0 Å². The summed E-state index contributed by atoms with van der Waals surface area (Å²) in [7, 11) is 3.98. The maximum absolute atomic E-state index is 10.2. The van der Waals surface area contributed by atoms with Gasteiger partial charge in [0.25, 0.3) is 0 Å². The summed E-state index contributed by atoms with van der Waals surface area (Å²) < 4.78 is 0. The molecular weight excluding hydrogens is 224 g/mol. The molecule has 0 saturated heterocycles. The molecule has 0 bridgehead atoms. The fraction of sp³-hybridized carbons (Fsp3) is 1.00. The SMILES string of the molecule is CCCCCCCC(C)NCC(C)(O)CN(C)C. The largest absolute Gasteiger partial charge is 0.388 e. The van der Waals surface area contributed by atoms with Crippen LogP contribution in [0.1, 0.15) is 59.3 Å². The zero-order chi connectivity index (χ0) is 14.0. The van der Waals surface area contributed by atoms with Gasteiger partial charge in [0.2, 0.25) is 0 Å². The monoisotopic (exact) mass is 258 g/mol. The van der Waals surface area contributed by atoms with Gasteiger partial charge in [0.1, 0.15) is 0 Å². The number of hydrogen-bond donors (Lipinski definition) is 2. The lowest BCUT2D eigenvalue weighted by Crippen LogP contribution is -2.47. The average Bonchev–Trinajstić information content (AvgIpc) is 2.24. The zero-order valence-corrected chi connectivity index (χ0v) is 13.1. The maximum Gasteiger partial charge on any atom is 0.0869 e. The van der Waals surface area contributed by atoms with Crippen LogP contribution in [0.3, 0.4) is 0 Å². The van der Waals surface area contributed by atoms with Crippen LogP contribution in [0, 0.1) is 0 Å². The third-order valence-electron chi connectivity index (χ3n) is 3.23. The van der Waals surface area contributed by atoms with Gasteiger partial charge in [-0.05, 0) is 34.4 Å². The Kier molecular flexibility index (Phi) is 9.70. The van der Waals surface area contributed by atoms with Gasteiger partial charge in [-0.1, -0.05) is 39.0 Å². The summed E-state index contributed by atoms with van der Waals surface area (Å²) in [6.07, 6.45) is 7.88. The summed E-state index contributed by atoms with van der Waals surface area (Å²) in [6.45, 7) is 7.72. The Bertz CT molecular complexity index is 193. The molecule has 0 rings (SSSR count). The lowest BCUT2D eigenvalue weighted by molar-refractivity contribution is 0.0315. The van der Waals surface area contributed by atoms with E-state index in [2.05, 4.69) is 19.2 Å². The first kappa shape index (κ1) is 17.9. The van der Waals surface area contributed by atoms with Crippen LogP contribution in [-0.2, 0) is 0 Å². The van der Waals surface area contributed by atoms with E-state index in [0.29, 0.717) is 19.1 Å². The summed E-state index contributed by atoms with van der Waals surface area (Å²) >= 11 is 0. The fourth-order valence-corrected chi connectivity index (χ4v) is 2.29. The van der Waals surface area contributed by atoms with Crippen molar-refractivity contribution >= 4 is 0 Å². The first-order valence-corrected chi connectivity index (χ1v) is 7.48. The molecule has 0 aromatic heterocycles. The molecule has 2 atom stereocenters. The minimum absolute atomic E-state index is 0.500. The van der Waals surface area contributed by atoms with E-state index in [1.807, 2.05) is 25.9 Å². The smallest absolute Gasteiger partial charge is 0.0869 e. The van der Waals surface area contributed by atoms with E-state index in [-0.39, 0.29) is 0 Å². The number of aliphatic hydroxyl groups is 1. The van der Waals surface area contributed by atoms with Crippen molar-refractivity contribution in [3.8, 4) is 0 Å². The third-order valence-corrected chi connectivity index (χ3v) is 3.23. The molecule has 0 saturated carbocycles. The molecule has 3 nitrogen and oxygen atoms in total. The Morgan fingerprint density at radius 1 is 1.17 bits per heavy atom. The summed E-state index contributed by atoms with van der Waals surface area (Å²) in [5, 5.41) is 13.6. The first-order chi connectivity index (χ1) is 8.37. The third kappa shape index (κ3) is 11.0. The molecule has 18 heavy (non-hydrogen) atoms. The fourth-order valence-electron chi connectivity index (χ4n) is 2.29. The number of nitrogens with zero attached hydrogens (tertiary/aromatic N) is 1. The van der Waals surface area contributed by atoms with E-state index < -0.39 is 5.60 Å². The summed E-state index contributed by atoms with van der Waals surface area (Å²) in [4.78, 5) is 2.02. The van der Waals surface area contributed by atoms with Crippen LogP contribution < -0.4 is 5.32 Å². The van der Waals surface area contributed by atoms with E-state index in [9.17, 15) is 5.11 Å². The highest BCUT2D eigenvalue weighted by molar-refractivity contribution is 4.79. The van der Waals surface area contributed by atoms with Gasteiger partial charge in [-0.2, -0.15) is 0 Å². The van der Waals surface area contributed by atoms with Crippen molar-refractivity contribution in [2.24, 2.45) is 0 Å². The Morgan fingerprint density at radius 3 is 2.33 bits per heavy atom. The summed E-state index contributed by atoms with van der Waals surface area (Å²) in [5.41, 5.74) is -0.639. The lowest BCUT2D eigenvalue weighted by Gasteiger charge is -2.28. The van der Waals surface area contributed by atoms with Crippen LogP contribution in [0.2, 0.25) is 0 Å². The number of likely N-dealkylation sites (N-methyl/N-ethyl adjacent to an activating group) is 1. The van der Waals surface area contributed by atoms with Gasteiger partial charge in [0, 0.05) is 19.1 Å². The van der Waals surface area contributed by atoms with Gasteiger partial charge in [-0.15, -0.1) is 0 Å². The highest BCUT2D eigenvalue weighted by Crippen LogP contribution is 2.08. The summed E-state index contributed by atoms with van der Waals surface area (Å²) in [5.74, 6) is 0. The van der Waals surface area contributed by atoms with Crippen molar-refractivity contribution in [2.75, 3.05) is 27.2 Å². The second kappa shape index (κ2) is 9.76. The standard InChI is InChI=1S/C15H34N2O/c1-6-7-8-9-10-11-14(2)16-12-15(3,18)13-17(4)5/h14,16,18H,6-13H2,1-5H3. The normalized spacial score (nSPS) is 16.8. The maximum atomic E-state index is 10.2. The first-order valence-electron chi connectivity index (χ1n) is 7.48. The lowest BCUT2D eigenvalue weighted by atomic mass is 10.0. The Morgan fingerprint density at radius 2 is 1.78 bits per heavy atom. The predicted octanol–water partition coefficient (Wildman–Crippen LogP) is 2.64. The zero-order valence-electron chi connectivity index (χ0n) is 13.1. The van der Waals surface area contributed by atoms with Crippen LogP contribution >= 0.6 is 0 Å². The second-order valence-corrected chi connectivity index (χ2v) is 6.22. The molecule has 0 spiro atoms. The topological polar surface area (TPSA) is 35.5 Å². The molecule has 0 aromatic carbocycles.